The molecular formula is C24H26N2O2. The van der Waals surface area contributed by atoms with Gasteiger partial charge in [0.25, 0.3) is 0 Å². The molecule has 3 aromatic rings. The van der Waals surface area contributed by atoms with Crippen LogP contribution in [-0.2, 0) is 11.2 Å². The van der Waals surface area contributed by atoms with Crippen molar-refractivity contribution in [2.24, 2.45) is 0 Å². The zero-order valence-electron chi connectivity index (χ0n) is 16.2. The molecule has 0 radical (unpaired) electrons. The molecule has 0 saturated heterocycles. The van der Waals surface area contributed by atoms with E-state index < -0.39 is 0 Å². The molecule has 0 aliphatic rings. The van der Waals surface area contributed by atoms with Crippen molar-refractivity contribution in [2.45, 2.75) is 19.8 Å². The first-order valence-corrected chi connectivity index (χ1v) is 9.57. The topological polar surface area (TPSA) is 50.4 Å². The van der Waals surface area contributed by atoms with Crippen molar-refractivity contribution in [3.05, 3.63) is 90.0 Å². The summed E-state index contributed by atoms with van der Waals surface area (Å²) in [5, 5.41) is 6.05. The molecular weight excluding hydrogens is 348 g/mol. The Labute approximate surface area is 166 Å². The molecule has 2 N–H and O–H groups in total. The lowest BCUT2D eigenvalue weighted by Gasteiger charge is -2.13. The third-order valence-electron chi connectivity index (χ3n) is 4.38. The summed E-state index contributed by atoms with van der Waals surface area (Å²) in [7, 11) is 0. The molecule has 3 rings (SSSR count). The summed E-state index contributed by atoms with van der Waals surface area (Å²) >= 11 is 0. The minimum Gasteiger partial charge on any atom is -0.491 e. The number of para-hydroxylation sites is 2. The van der Waals surface area contributed by atoms with Crippen LogP contribution in [0.4, 0.5) is 11.4 Å². The molecule has 144 valence electrons. The van der Waals surface area contributed by atoms with Crippen LogP contribution in [0.15, 0.2) is 78.9 Å². The maximum atomic E-state index is 12.3. The van der Waals surface area contributed by atoms with Crippen LogP contribution < -0.4 is 15.4 Å². The SMILES string of the molecule is Cc1ccc(NCC(=O)Nc2ccccc2OCCCc2ccccc2)cc1. The van der Waals surface area contributed by atoms with Gasteiger partial charge < -0.3 is 15.4 Å². The van der Waals surface area contributed by atoms with Crippen molar-refractivity contribution in [1.29, 1.82) is 0 Å². The maximum absolute atomic E-state index is 12.3. The lowest BCUT2D eigenvalue weighted by atomic mass is 10.1. The Balaban J connectivity index is 1.47. The number of hydrogen-bond donors (Lipinski definition) is 2. The number of anilines is 2. The van der Waals surface area contributed by atoms with E-state index in [1.807, 2.05) is 73.7 Å². The summed E-state index contributed by atoms with van der Waals surface area (Å²) in [6, 6.07) is 25.8. The van der Waals surface area contributed by atoms with Gasteiger partial charge in [-0.3, -0.25) is 4.79 Å². The van der Waals surface area contributed by atoms with Gasteiger partial charge in [0.1, 0.15) is 5.75 Å². The molecule has 0 saturated carbocycles. The van der Waals surface area contributed by atoms with E-state index in [1.165, 1.54) is 11.1 Å². The van der Waals surface area contributed by atoms with Crippen LogP contribution >= 0.6 is 0 Å². The van der Waals surface area contributed by atoms with E-state index in [9.17, 15) is 4.79 Å². The van der Waals surface area contributed by atoms with Crippen LogP contribution in [0.3, 0.4) is 0 Å². The third-order valence-corrected chi connectivity index (χ3v) is 4.38. The number of hydrogen-bond acceptors (Lipinski definition) is 3. The van der Waals surface area contributed by atoms with E-state index in [0.717, 1.165) is 18.5 Å². The fraction of sp³-hybridized carbons (Fsp3) is 0.208. The Morgan fingerprint density at radius 1 is 0.893 bits per heavy atom. The Hall–Kier alpha value is -3.27. The van der Waals surface area contributed by atoms with E-state index in [0.29, 0.717) is 18.0 Å². The molecule has 0 aliphatic carbocycles. The molecule has 4 nitrogen and oxygen atoms in total. The van der Waals surface area contributed by atoms with Gasteiger partial charge in [0.05, 0.1) is 18.8 Å². The summed E-state index contributed by atoms with van der Waals surface area (Å²) in [5.74, 6) is 0.583. The number of aryl methyl sites for hydroxylation is 2. The number of amides is 1. The Morgan fingerprint density at radius 3 is 2.39 bits per heavy atom. The molecule has 28 heavy (non-hydrogen) atoms. The highest BCUT2D eigenvalue weighted by Crippen LogP contribution is 2.24. The number of benzene rings is 3. The molecule has 0 aromatic heterocycles. The van der Waals surface area contributed by atoms with Crippen LogP contribution in [0.5, 0.6) is 5.75 Å². The van der Waals surface area contributed by atoms with Crippen molar-refractivity contribution in [1.82, 2.24) is 0 Å². The zero-order valence-corrected chi connectivity index (χ0v) is 16.2. The van der Waals surface area contributed by atoms with Gasteiger partial charge in [0.2, 0.25) is 5.91 Å². The first kappa shape index (κ1) is 19.5. The van der Waals surface area contributed by atoms with Gasteiger partial charge in [0, 0.05) is 5.69 Å². The van der Waals surface area contributed by atoms with Gasteiger partial charge in [-0.2, -0.15) is 0 Å². The van der Waals surface area contributed by atoms with Crippen LogP contribution in [0.2, 0.25) is 0 Å². The van der Waals surface area contributed by atoms with Crippen LogP contribution in [0, 0.1) is 6.92 Å². The van der Waals surface area contributed by atoms with Gasteiger partial charge in [0.15, 0.2) is 0 Å². The Morgan fingerprint density at radius 2 is 1.61 bits per heavy atom. The molecule has 0 fully saturated rings. The standard InChI is InChI=1S/C24H26N2O2/c1-19-13-15-21(16-14-19)25-18-24(27)26-22-11-5-6-12-23(22)28-17-7-10-20-8-3-2-4-9-20/h2-6,8-9,11-16,25H,7,10,17-18H2,1H3,(H,26,27). The predicted molar refractivity (Wildman–Crippen MR) is 115 cm³/mol. The molecule has 4 heteroatoms. The Bertz CT molecular complexity index is 877. The summed E-state index contributed by atoms with van der Waals surface area (Å²) in [6.45, 7) is 2.84. The van der Waals surface area contributed by atoms with Gasteiger partial charge in [-0.25, -0.2) is 0 Å². The van der Waals surface area contributed by atoms with Crippen molar-refractivity contribution in [2.75, 3.05) is 23.8 Å². The lowest BCUT2D eigenvalue weighted by molar-refractivity contribution is -0.114. The molecule has 0 heterocycles. The minimum absolute atomic E-state index is 0.110. The van der Waals surface area contributed by atoms with Crippen LogP contribution in [0.1, 0.15) is 17.5 Å². The van der Waals surface area contributed by atoms with E-state index in [2.05, 4.69) is 22.8 Å². The van der Waals surface area contributed by atoms with E-state index in [1.54, 1.807) is 0 Å². The van der Waals surface area contributed by atoms with Crippen LogP contribution in [0.25, 0.3) is 0 Å². The predicted octanol–water partition coefficient (Wildman–Crippen LogP) is 5.06. The van der Waals surface area contributed by atoms with Gasteiger partial charge in [-0.05, 0) is 49.6 Å². The summed E-state index contributed by atoms with van der Waals surface area (Å²) in [4.78, 5) is 12.3. The van der Waals surface area contributed by atoms with Crippen LogP contribution in [-0.4, -0.2) is 19.1 Å². The molecule has 3 aromatic carbocycles. The first-order valence-electron chi connectivity index (χ1n) is 9.57. The van der Waals surface area contributed by atoms with E-state index >= 15 is 0 Å². The molecule has 0 unspecified atom stereocenters. The fourth-order valence-corrected chi connectivity index (χ4v) is 2.85. The zero-order chi connectivity index (χ0) is 19.6. The van der Waals surface area contributed by atoms with E-state index in [4.69, 9.17) is 4.74 Å². The fourth-order valence-electron chi connectivity index (χ4n) is 2.85. The second kappa shape index (κ2) is 10.2. The number of ether oxygens (including phenoxy) is 1. The third kappa shape index (κ3) is 6.16. The summed E-state index contributed by atoms with van der Waals surface area (Å²) in [6.07, 6.45) is 1.89. The van der Waals surface area contributed by atoms with Crippen molar-refractivity contribution in [3.8, 4) is 5.75 Å². The normalized spacial score (nSPS) is 10.3. The molecule has 1 amide bonds. The lowest BCUT2D eigenvalue weighted by Crippen LogP contribution is -2.22. The second-order valence-corrected chi connectivity index (χ2v) is 6.70. The van der Waals surface area contributed by atoms with Crippen molar-refractivity contribution >= 4 is 17.3 Å². The highest BCUT2D eigenvalue weighted by Gasteiger charge is 2.07. The van der Waals surface area contributed by atoms with Crippen molar-refractivity contribution in [3.63, 3.8) is 0 Å². The summed E-state index contributed by atoms with van der Waals surface area (Å²) in [5.41, 5.74) is 4.10. The van der Waals surface area contributed by atoms with Gasteiger partial charge in [-0.15, -0.1) is 0 Å². The average molecular weight is 374 g/mol. The number of nitrogens with one attached hydrogen (secondary N) is 2. The quantitative estimate of drug-likeness (QED) is 0.515. The number of carbonyl (C=O) groups is 1. The smallest absolute Gasteiger partial charge is 0.243 e. The Kier molecular flexibility index (Phi) is 7.08. The first-order chi connectivity index (χ1) is 13.7. The highest BCUT2D eigenvalue weighted by molar-refractivity contribution is 5.95. The monoisotopic (exact) mass is 374 g/mol. The van der Waals surface area contributed by atoms with Crippen molar-refractivity contribution < 1.29 is 9.53 Å². The second-order valence-electron chi connectivity index (χ2n) is 6.70. The minimum atomic E-state index is -0.110. The molecule has 0 bridgehead atoms. The van der Waals surface area contributed by atoms with Gasteiger partial charge >= 0.3 is 0 Å². The van der Waals surface area contributed by atoms with E-state index in [-0.39, 0.29) is 12.5 Å². The number of rotatable bonds is 9. The largest absolute Gasteiger partial charge is 0.491 e. The highest BCUT2D eigenvalue weighted by atomic mass is 16.5. The molecule has 0 aliphatic heterocycles. The average Bonchev–Trinajstić information content (AvgIpc) is 2.73. The van der Waals surface area contributed by atoms with Gasteiger partial charge in [-0.1, -0.05) is 60.2 Å². The maximum Gasteiger partial charge on any atom is 0.243 e. The number of carbonyl (C=O) groups excluding carboxylic acids is 1. The molecule has 0 atom stereocenters. The molecule has 0 spiro atoms. The summed E-state index contributed by atoms with van der Waals surface area (Å²) < 4.78 is 5.90.